The van der Waals surface area contributed by atoms with Gasteiger partial charge in [-0.15, -0.1) is 0 Å². The normalized spacial score (nSPS) is 12.2. The summed E-state index contributed by atoms with van der Waals surface area (Å²) in [7, 11) is 1.45. The summed E-state index contributed by atoms with van der Waals surface area (Å²) in [5, 5.41) is 11.2. The van der Waals surface area contributed by atoms with Crippen molar-refractivity contribution < 1.29 is 23.4 Å². The summed E-state index contributed by atoms with van der Waals surface area (Å²) in [5.74, 6) is -2.68. The first-order chi connectivity index (χ1) is 7.52. The number of carboxylic acids is 1. The van der Waals surface area contributed by atoms with Gasteiger partial charge in [-0.3, -0.25) is 4.79 Å². The molecule has 0 heterocycles. The second kappa shape index (κ2) is 5.41. The first-order valence-corrected chi connectivity index (χ1v) is 4.52. The molecule has 0 spiro atoms. The molecule has 1 aromatic carbocycles. The van der Waals surface area contributed by atoms with Crippen LogP contribution in [0.3, 0.4) is 0 Å². The third kappa shape index (κ3) is 3.47. The molecule has 16 heavy (non-hydrogen) atoms. The summed E-state index contributed by atoms with van der Waals surface area (Å²) in [6.07, 6.45) is 0. The smallest absolute Gasteiger partial charge is 0.324 e. The summed E-state index contributed by atoms with van der Waals surface area (Å²) in [4.78, 5) is 10.6. The van der Waals surface area contributed by atoms with Crippen LogP contribution in [0.1, 0.15) is 0 Å². The molecule has 2 N–H and O–H groups in total. The van der Waals surface area contributed by atoms with E-state index in [2.05, 4.69) is 5.32 Å². The second-order valence-electron chi connectivity index (χ2n) is 3.10. The molecular weight excluding hydrogens is 220 g/mol. The third-order valence-corrected chi connectivity index (χ3v) is 1.90. The predicted molar refractivity (Wildman–Crippen MR) is 52.3 cm³/mol. The molecule has 0 fully saturated rings. The van der Waals surface area contributed by atoms with E-state index in [0.717, 1.165) is 12.1 Å². The molecule has 0 radical (unpaired) electrons. The topological polar surface area (TPSA) is 58.6 Å². The molecule has 1 rings (SSSR count). The zero-order valence-corrected chi connectivity index (χ0v) is 8.54. The molecule has 0 saturated carbocycles. The van der Waals surface area contributed by atoms with Crippen LogP contribution in [-0.2, 0) is 4.79 Å². The molecule has 0 aliphatic heterocycles. The molecule has 0 aliphatic carbocycles. The minimum Gasteiger partial charge on any atom is -0.491 e. The number of benzene rings is 1. The van der Waals surface area contributed by atoms with Gasteiger partial charge in [0.25, 0.3) is 0 Å². The molecule has 88 valence electrons. The maximum Gasteiger partial charge on any atom is 0.324 e. The average molecular weight is 231 g/mol. The number of nitrogens with one attached hydrogen (secondary N) is 1. The minimum atomic E-state index is -1.10. The van der Waals surface area contributed by atoms with Gasteiger partial charge < -0.3 is 15.2 Å². The van der Waals surface area contributed by atoms with Crippen molar-refractivity contribution in [2.45, 2.75) is 6.04 Å². The monoisotopic (exact) mass is 231 g/mol. The number of halogens is 2. The fourth-order valence-electron chi connectivity index (χ4n) is 1.07. The fraction of sp³-hybridized carbons (Fsp3) is 0.300. The summed E-state index contributed by atoms with van der Waals surface area (Å²) in [6.45, 7) is -0.214. The molecule has 6 heteroatoms. The maximum atomic E-state index is 12.7. The van der Waals surface area contributed by atoms with E-state index >= 15 is 0 Å². The van der Waals surface area contributed by atoms with Gasteiger partial charge in [0.15, 0.2) is 0 Å². The lowest BCUT2D eigenvalue weighted by Gasteiger charge is -2.12. The summed E-state index contributed by atoms with van der Waals surface area (Å²) < 4.78 is 30.4. The van der Waals surface area contributed by atoms with Crippen molar-refractivity contribution in [1.29, 1.82) is 0 Å². The van der Waals surface area contributed by atoms with Gasteiger partial charge >= 0.3 is 5.97 Å². The van der Waals surface area contributed by atoms with E-state index in [1.807, 2.05) is 0 Å². The van der Waals surface area contributed by atoms with E-state index < -0.39 is 23.6 Å². The summed E-state index contributed by atoms with van der Waals surface area (Å²) >= 11 is 0. The van der Waals surface area contributed by atoms with E-state index in [4.69, 9.17) is 9.84 Å². The van der Waals surface area contributed by atoms with Gasteiger partial charge in [0.1, 0.15) is 30.0 Å². The number of hydrogen-bond donors (Lipinski definition) is 2. The van der Waals surface area contributed by atoms with Gasteiger partial charge in [-0.05, 0) is 7.05 Å². The van der Waals surface area contributed by atoms with Crippen molar-refractivity contribution >= 4 is 5.97 Å². The Morgan fingerprint density at radius 1 is 1.44 bits per heavy atom. The molecule has 0 bridgehead atoms. The second-order valence-corrected chi connectivity index (χ2v) is 3.10. The first-order valence-electron chi connectivity index (χ1n) is 4.52. The number of carboxylic acid groups (broad SMARTS) is 1. The lowest BCUT2D eigenvalue weighted by Crippen LogP contribution is -2.39. The Kier molecular flexibility index (Phi) is 4.19. The van der Waals surface area contributed by atoms with Crippen LogP contribution in [-0.4, -0.2) is 30.8 Å². The largest absolute Gasteiger partial charge is 0.491 e. The highest BCUT2D eigenvalue weighted by Gasteiger charge is 2.15. The highest BCUT2D eigenvalue weighted by atomic mass is 19.1. The van der Waals surface area contributed by atoms with E-state index in [1.54, 1.807) is 0 Å². The van der Waals surface area contributed by atoms with Gasteiger partial charge in [-0.25, -0.2) is 8.78 Å². The molecule has 1 unspecified atom stereocenters. The Bertz CT molecular complexity index is 364. The number of rotatable bonds is 5. The third-order valence-electron chi connectivity index (χ3n) is 1.90. The van der Waals surface area contributed by atoms with Crippen LogP contribution in [0.5, 0.6) is 5.75 Å². The van der Waals surface area contributed by atoms with Crippen LogP contribution >= 0.6 is 0 Å². The molecule has 0 aromatic heterocycles. The standard InChI is InChI=1S/C10H11F2NO3/c1-13-9(10(14)15)5-16-8-3-6(11)2-7(12)4-8/h2-4,9,13H,5H2,1H3,(H,14,15). The maximum absolute atomic E-state index is 12.7. The lowest BCUT2D eigenvalue weighted by atomic mass is 10.3. The van der Waals surface area contributed by atoms with Crippen LogP contribution in [0, 0.1) is 11.6 Å². The van der Waals surface area contributed by atoms with Gasteiger partial charge in [-0.1, -0.05) is 0 Å². The lowest BCUT2D eigenvalue weighted by molar-refractivity contribution is -0.140. The SMILES string of the molecule is CNC(COc1cc(F)cc(F)c1)C(=O)O. The highest BCUT2D eigenvalue weighted by Crippen LogP contribution is 2.15. The van der Waals surface area contributed by atoms with E-state index in [0.29, 0.717) is 6.07 Å². The van der Waals surface area contributed by atoms with E-state index in [1.165, 1.54) is 7.05 Å². The first kappa shape index (κ1) is 12.4. The van der Waals surface area contributed by atoms with Crippen molar-refractivity contribution in [3.8, 4) is 5.75 Å². The molecule has 1 atom stereocenters. The van der Waals surface area contributed by atoms with Crippen LogP contribution < -0.4 is 10.1 Å². The Labute approximate surface area is 90.8 Å². The van der Waals surface area contributed by atoms with Crippen molar-refractivity contribution in [3.05, 3.63) is 29.8 Å². The van der Waals surface area contributed by atoms with Gasteiger partial charge in [0.2, 0.25) is 0 Å². The van der Waals surface area contributed by atoms with Crippen molar-refractivity contribution in [2.75, 3.05) is 13.7 Å². The Hall–Kier alpha value is -1.69. The van der Waals surface area contributed by atoms with Crippen LogP contribution in [0.4, 0.5) is 8.78 Å². The van der Waals surface area contributed by atoms with Gasteiger partial charge in [0.05, 0.1) is 0 Å². The average Bonchev–Trinajstić information content (AvgIpc) is 2.16. The number of aliphatic carboxylic acids is 1. The summed E-state index contributed by atoms with van der Waals surface area (Å²) in [6, 6.07) is 1.75. The van der Waals surface area contributed by atoms with Crippen molar-refractivity contribution in [3.63, 3.8) is 0 Å². The van der Waals surface area contributed by atoms with Crippen LogP contribution in [0.2, 0.25) is 0 Å². The number of likely N-dealkylation sites (N-methyl/N-ethyl adjacent to an activating group) is 1. The van der Waals surface area contributed by atoms with Crippen molar-refractivity contribution in [2.24, 2.45) is 0 Å². The molecule has 0 saturated heterocycles. The fourth-order valence-corrected chi connectivity index (χ4v) is 1.07. The van der Waals surface area contributed by atoms with Crippen LogP contribution in [0.15, 0.2) is 18.2 Å². The van der Waals surface area contributed by atoms with Gasteiger partial charge in [0, 0.05) is 18.2 Å². The van der Waals surface area contributed by atoms with Gasteiger partial charge in [-0.2, -0.15) is 0 Å². The number of hydrogen-bond acceptors (Lipinski definition) is 3. The molecular formula is C10H11F2NO3. The molecule has 4 nitrogen and oxygen atoms in total. The van der Waals surface area contributed by atoms with Crippen molar-refractivity contribution in [1.82, 2.24) is 5.32 Å². The van der Waals surface area contributed by atoms with E-state index in [-0.39, 0.29) is 12.4 Å². The Morgan fingerprint density at radius 3 is 2.44 bits per heavy atom. The molecule has 1 aromatic rings. The zero-order valence-electron chi connectivity index (χ0n) is 8.54. The van der Waals surface area contributed by atoms with E-state index in [9.17, 15) is 13.6 Å². The predicted octanol–water partition coefficient (Wildman–Crippen LogP) is 1.02. The summed E-state index contributed by atoms with van der Waals surface area (Å²) in [5.41, 5.74) is 0. The minimum absolute atomic E-state index is 0.0426. The Morgan fingerprint density at radius 2 is 2.00 bits per heavy atom. The molecule has 0 amide bonds. The number of ether oxygens (including phenoxy) is 1. The molecule has 0 aliphatic rings. The zero-order chi connectivity index (χ0) is 12.1. The quantitative estimate of drug-likeness (QED) is 0.794. The Balaban J connectivity index is 2.63. The van der Waals surface area contributed by atoms with Crippen LogP contribution in [0.25, 0.3) is 0 Å². The highest BCUT2D eigenvalue weighted by molar-refractivity contribution is 5.73. The number of carbonyl (C=O) groups is 1.